The summed E-state index contributed by atoms with van der Waals surface area (Å²) in [6, 6.07) is 6.45. The summed E-state index contributed by atoms with van der Waals surface area (Å²) in [4.78, 5) is 49.0. The van der Waals surface area contributed by atoms with Gasteiger partial charge in [-0.2, -0.15) is 0 Å². The molecular formula is C14H12N2O4. The van der Waals surface area contributed by atoms with Crippen LogP contribution in [0.3, 0.4) is 0 Å². The summed E-state index contributed by atoms with van der Waals surface area (Å²) in [7, 11) is 0. The van der Waals surface area contributed by atoms with Crippen molar-refractivity contribution in [1.82, 2.24) is 10.2 Å². The predicted molar refractivity (Wildman–Crippen MR) is 67.7 cm³/mol. The van der Waals surface area contributed by atoms with Gasteiger partial charge in [0.05, 0.1) is 11.1 Å². The highest BCUT2D eigenvalue weighted by Crippen LogP contribution is 2.33. The van der Waals surface area contributed by atoms with Crippen molar-refractivity contribution in [3.05, 3.63) is 35.4 Å². The highest BCUT2D eigenvalue weighted by molar-refractivity contribution is 6.24. The summed E-state index contributed by atoms with van der Waals surface area (Å²) in [5.41, 5.74) is -0.729. The van der Waals surface area contributed by atoms with Gasteiger partial charge in [-0.15, -0.1) is 0 Å². The molecule has 1 aromatic rings. The Balaban J connectivity index is 2.04. The van der Waals surface area contributed by atoms with Crippen molar-refractivity contribution >= 4 is 23.6 Å². The van der Waals surface area contributed by atoms with E-state index in [-0.39, 0.29) is 18.7 Å². The van der Waals surface area contributed by atoms with Crippen LogP contribution in [0.4, 0.5) is 0 Å². The molecule has 102 valence electrons. The van der Waals surface area contributed by atoms with E-state index < -0.39 is 23.3 Å². The summed E-state index contributed by atoms with van der Waals surface area (Å²) < 4.78 is 0. The van der Waals surface area contributed by atoms with Crippen molar-refractivity contribution in [1.29, 1.82) is 0 Å². The SMILES string of the molecule is C[C@@]1(N2C(=O)c3ccccc3C2=O)CCC(=O)NC1=O. The third kappa shape index (κ3) is 1.51. The van der Waals surface area contributed by atoms with E-state index in [2.05, 4.69) is 5.32 Å². The number of carbonyl (C=O) groups is 4. The van der Waals surface area contributed by atoms with Crippen LogP contribution in [0.1, 0.15) is 40.5 Å². The number of fused-ring (bicyclic) bond motifs is 1. The van der Waals surface area contributed by atoms with Gasteiger partial charge < -0.3 is 0 Å². The number of rotatable bonds is 1. The molecule has 1 saturated heterocycles. The first-order chi connectivity index (χ1) is 9.45. The third-order valence-electron chi connectivity index (χ3n) is 3.87. The lowest BCUT2D eigenvalue weighted by Crippen LogP contribution is -2.62. The minimum absolute atomic E-state index is 0.107. The maximum atomic E-state index is 12.4. The summed E-state index contributed by atoms with van der Waals surface area (Å²) in [5.74, 6) is -1.97. The molecule has 0 unspecified atom stereocenters. The molecule has 2 aliphatic rings. The topological polar surface area (TPSA) is 83.6 Å². The Morgan fingerprint density at radius 1 is 1.05 bits per heavy atom. The van der Waals surface area contributed by atoms with Crippen LogP contribution in [-0.4, -0.2) is 34.1 Å². The quantitative estimate of drug-likeness (QED) is 0.754. The number of hydrogen-bond donors (Lipinski definition) is 1. The Morgan fingerprint density at radius 3 is 2.10 bits per heavy atom. The van der Waals surface area contributed by atoms with Gasteiger partial charge in [0.2, 0.25) is 5.91 Å². The Morgan fingerprint density at radius 2 is 1.60 bits per heavy atom. The zero-order valence-corrected chi connectivity index (χ0v) is 10.8. The van der Waals surface area contributed by atoms with Gasteiger partial charge in [0.15, 0.2) is 0 Å². The lowest BCUT2D eigenvalue weighted by Gasteiger charge is -2.38. The Hall–Kier alpha value is -2.50. The van der Waals surface area contributed by atoms with E-state index in [1.807, 2.05) is 0 Å². The second-order valence-electron chi connectivity index (χ2n) is 5.14. The van der Waals surface area contributed by atoms with Crippen molar-refractivity contribution < 1.29 is 19.2 Å². The number of benzene rings is 1. The Bertz CT molecular complexity index is 632. The number of hydrogen-bond acceptors (Lipinski definition) is 4. The molecule has 0 aromatic heterocycles. The molecule has 0 bridgehead atoms. The van der Waals surface area contributed by atoms with E-state index in [0.717, 1.165) is 4.90 Å². The van der Waals surface area contributed by atoms with Gasteiger partial charge in [-0.1, -0.05) is 12.1 Å². The monoisotopic (exact) mass is 272 g/mol. The van der Waals surface area contributed by atoms with Gasteiger partial charge in [-0.3, -0.25) is 29.4 Å². The summed E-state index contributed by atoms with van der Waals surface area (Å²) in [5, 5.41) is 2.19. The van der Waals surface area contributed by atoms with Gasteiger partial charge in [-0.25, -0.2) is 0 Å². The normalized spacial score (nSPS) is 25.8. The molecule has 3 rings (SSSR count). The molecule has 4 amide bonds. The lowest BCUT2D eigenvalue weighted by atomic mass is 9.89. The summed E-state index contributed by atoms with van der Waals surface area (Å²) >= 11 is 0. The van der Waals surface area contributed by atoms with Crippen molar-refractivity contribution in [3.8, 4) is 0 Å². The molecule has 1 N–H and O–H groups in total. The zero-order chi connectivity index (χ0) is 14.5. The first-order valence-corrected chi connectivity index (χ1v) is 6.27. The molecule has 2 heterocycles. The average Bonchev–Trinajstić information content (AvgIpc) is 2.68. The minimum Gasteiger partial charge on any atom is -0.294 e. The maximum Gasteiger partial charge on any atom is 0.262 e. The molecule has 6 heteroatoms. The summed E-state index contributed by atoms with van der Waals surface area (Å²) in [6.07, 6.45) is 0.249. The second-order valence-corrected chi connectivity index (χ2v) is 5.14. The smallest absolute Gasteiger partial charge is 0.262 e. The van der Waals surface area contributed by atoms with Gasteiger partial charge in [0, 0.05) is 6.42 Å². The number of nitrogens with one attached hydrogen (secondary N) is 1. The maximum absolute atomic E-state index is 12.4. The van der Waals surface area contributed by atoms with Crippen molar-refractivity contribution in [2.45, 2.75) is 25.3 Å². The van der Waals surface area contributed by atoms with E-state index >= 15 is 0 Å². The Labute approximate surface area is 114 Å². The highest BCUT2D eigenvalue weighted by atomic mass is 16.2. The van der Waals surface area contributed by atoms with Crippen molar-refractivity contribution in [2.24, 2.45) is 0 Å². The molecular weight excluding hydrogens is 260 g/mol. The molecule has 1 atom stereocenters. The van der Waals surface area contributed by atoms with Crippen LogP contribution in [-0.2, 0) is 9.59 Å². The van der Waals surface area contributed by atoms with Crippen LogP contribution < -0.4 is 5.32 Å². The van der Waals surface area contributed by atoms with E-state index in [4.69, 9.17) is 0 Å². The van der Waals surface area contributed by atoms with Gasteiger partial charge in [0.1, 0.15) is 5.54 Å². The molecule has 0 spiro atoms. The molecule has 2 aliphatic heterocycles. The van der Waals surface area contributed by atoms with Crippen LogP contribution in [0.15, 0.2) is 24.3 Å². The van der Waals surface area contributed by atoms with E-state index in [1.165, 1.54) is 6.92 Å². The Kier molecular flexibility index (Phi) is 2.50. The van der Waals surface area contributed by atoms with Crippen LogP contribution in [0, 0.1) is 0 Å². The summed E-state index contributed by atoms with van der Waals surface area (Å²) in [6.45, 7) is 1.51. The van der Waals surface area contributed by atoms with Gasteiger partial charge >= 0.3 is 0 Å². The first kappa shape index (κ1) is 12.5. The van der Waals surface area contributed by atoms with Crippen LogP contribution in [0.25, 0.3) is 0 Å². The fourth-order valence-corrected chi connectivity index (χ4v) is 2.65. The first-order valence-electron chi connectivity index (χ1n) is 6.27. The fourth-order valence-electron chi connectivity index (χ4n) is 2.65. The molecule has 20 heavy (non-hydrogen) atoms. The zero-order valence-electron chi connectivity index (χ0n) is 10.8. The number of nitrogens with zero attached hydrogens (tertiary/aromatic N) is 1. The minimum atomic E-state index is -1.32. The molecule has 1 fully saturated rings. The predicted octanol–water partition coefficient (Wildman–Crippen LogP) is 0.478. The standard InChI is InChI=1S/C14H12N2O4/c1-14(7-6-10(17)15-13(14)20)16-11(18)8-4-2-3-5-9(8)12(16)19/h2-5H,6-7H2,1H3,(H,15,17,20)/t14-/m1/s1. The molecule has 0 radical (unpaired) electrons. The largest absolute Gasteiger partial charge is 0.294 e. The van der Waals surface area contributed by atoms with Crippen LogP contribution in [0.5, 0.6) is 0 Å². The number of piperidine rings is 1. The van der Waals surface area contributed by atoms with Gasteiger partial charge in [-0.05, 0) is 25.5 Å². The second kappa shape index (κ2) is 4.00. The van der Waals surface area contributed by atoms with Gasteiger partial charge in [0.25, 0.3) is 17.7 Å². The average molecular weight is 272 g/mol. The fraction of sp³-hybridized carbons (Fsp3) is 0.286. The van der Waals surface area contributed by atoms with E-state index in [1.54, 1.807) is 24.3 Å². The molecule has 0 saturated carbocycles. The number of amides is 4. The van der Waals surface area contributed by atoms with E-state index in [9.17, 15) is 19.2 Å². The van der Waals surface area contributed by atoms with E-state index in [0.29, 0.717) is 11.1 Å². The van der Waals surface area contributed by atoms with Crippen molar-refractivity contribution in [3.63, 3.8) is 0 Å². The van der Waals surface area contributed by atoms with Crippen molar-refractivity contribution in [2.75, 3.05) is 0 Å². The lowest BCUT2D eigenvalue weighted by molar-refractivity contribution is -0.140. The number of imide groups is 2. The van der Waals surface area contributed by atoms with Crippen LogP contribution >= 0.6 is 0 Å². The molecule has 6 nitrogen and oxygen atoms in total. The number of carbonyl (C=O) groups excluding carboxylic acids is 4. The molecule has 0 aliphatic carbocycles. The highest BCUT2D eigenvalue weighted by Gasteiger charge is 2.52. The molecule has 1 aromatic carbocycles. The third-order valence-corrected chi connectivity index (χ3v) is 3.87. The van der Waals surface area contributed by atoms with Crippen LogP contribution in [0.2, 0.25) is 0 Å².